The summed E-state index contributed by atoms with van der Waals surface area (Å²) in [6.07, 6.45) is 14.4. The third-order valence-electron chi connectivity index (χ3n) is 9.10. The van der Waals surface area contributed by atoms with Crippen LogP contribution in [0.2, 0.25) is 0 Å². The van der Waals surface area contributed by atoms with Gasteiger partial charge in [-0.3, -0.25) is 0 Å². The fraction of sp³-hybridized carbons (Fsp3) is 0.350. The van der Waals surface area contributed by atoms with Crippen LogP contribution >= 0.6 is 0 Å². The first-order valence-corrected chi connectivity index (χ1v) is 15.8. The monoisotopic (exact) mass is 544 g/mol. The second kappa shape index (κ2) is 14.4. The second-order valence-electron chi connectivity index (χ2n) is 12.2. The molecule has 0 saturated heterocycles. The lowest BCUT2D eigenvalue weighted by molar-refractivity contribution is 0.297. The number of halogens is 1. The second-order valence-corrected chi connectivity index (χ2v) is 12.2. The number of benzene rings is 4. The maximum atomic E-state index is 15.1. The van der Waals surface area contributed by atoms with Crippen LogP contribution in [-0.2, 0) is 19.3 Å². The fourth-order valence-corrected chi connectivity index (χ4v) is 6.51. The average Bonchev–Trinajstić information content (AvgIpc) is 3.01. The quantitative estimate of drug-likeness (QED) is 0.165. The lowest BCUT2D eigenvalue weighted by atomic mass is 9.75. The Morgan fingerprint density at radius 2 is 1.32 bits per heavy atom. The van der Waals surface area contributed by atoms with Gasteiger partial charge in [0.2, 0.25) is 0 Å². The topological polar surface area (TPSA) is 0 Å². The zero-order valence-corrected chi connectivity index (χ0v) is 24.9. The first-order chi connectivity index (χ1) is 20.1. The summed E-state index contributed by atoms with van der Waals surface area (Å²) in [5, 5.41) is 0. The molecule has 0 heterocycles. The largest absolute Gasteiger partial charge is 0.206 e. The first-order valence-electron chi connectivity index (χ1n) is 15.8. The highest BCUT2D eigenvalue weighted by atomic mass is 19.1. The van der Waals surface area contributed by atoms with E-state index in [-0.39, 0.29) is 5.82 Å². The van der Waals surface area contributed by atoms with Crippen molar-refractivity contribution in [2.24, 2.45) is 5.92 Å². The lowest BCUT2D eigenvalue weighted by Gasteiger charge is -2.30. The normalized spacial score (nSPS) is 18.0. The van der Waals surface area contributed by atoms with Crippen molar-refractivity contribution in [2.75, 3.05) is 0 Å². The van der Waals surface area contributed by atoms with Gasteiger partial charge in [0.25, 0.3) is 0 Å². The molecule has 0 amide bonds. The van der Waals surface area contributed by atoms with Gasteiger partial charge in [-0.05, 0) is 109 Å². The molecule has 1 aliphatic rings. The Hall–Kier alpha value is -3.45. The van der Waals surface area contributed by atoms with Gasteiger partial charge in [0.1, 0.15) is 5.82 Å². The van der Waals surface area contributed by atoms with Gasteiger partial charge in [-0.2, -0.15) is 0 Å². The minimum atomic E-state index is -0.111. The molecule has 4 aromatic carbocycles. The van der Waals surface area contributed by atoms with E-state index in [0.717, 1.165) is 43.6 Å². The molecule has 1 heteroatoms. The van der Waals surface area contributed by atoms with Crippen LogP contribution in [0.25, 0.3) is 12.2 Å². The summed E-state index contributed by atoms with van der Waals surface area (Å²) in [6.45, 7) is 4.57. The van der Waals surface area contributed by atoms with Crippen LogP contribution in [0.3, 0.4) is 0 Å². The predicted molar refractivity (Wildman–Crippen MR) is 174 cm³/mol. The fourth-order valence-electron chi connectivity index (χ4n) is 6.51. The molecule has 1 atom stereocenters. The summed E-state index contributed by atoms with van der Waals surface area (Å²) in [4.78, 5) is 0. The van der Waals surface area contributed by atoms with E-state index in [1.165, 1.54) is 53.5 Å². The number of hydrogen-bond donors (Lipinski definition) is 0. The Bertz CT molecular complexity index is 1370. The van der Waals surface area contributed by atoms with E-state index in [2.05, 4.69) is 98.8 Å². The van der Waals surface area contributed by atoms with E-state index >= 15 is 4.39 Å². The van der Waals surface area contributed by atoms with Gasteiger partial charge in [0.05, 0.1) is 0 Å². The summed E-state index contributed by atoms with van der Waals surface area (Å²) >= 11 is 0. The molecular formula is C40H45F. The molecule has 0 unspecified atom stereocenters. The Labute approximate surface area is 247 Å². The van der Waals surface area contributed by atoms with E-state index in [1.807, 2.05) is 18.2 Å². The molecule has 0 bridgehead atoms. The van der Waals surface area contributed by atoms with Crippen molar-refractivity contribution in [2.45, 2.75) is 83.5 Å². The van der Waals surface area contributed by atoms with Crippen LogP contribution in [0.5, 0.6) is 0 Å². The molecule has 0 N–H and O–H groups in total. The summed E-state index contributed by atoms with van der Waals surface area (Å²) in [6, 6.07) is 34.5. The van der Waals surface area contributed by atoms with Gasteiger partial charge in [-0.25, -0.2) is 4.39 Å². The van der Waals surface area contributed by atoms with Gasteiger partial charge in [0.15, 0.2) is 0 Å². The molecule has 1 saturated carbocycles. The van der Waals surface area contributed by atoms with Gasteiger partial charge >= 0.3 is 0 Å². The summed E-state index contributed by atoms with van der Waals surface area (Å²) < 4.78 is 15.1. The van der Waals surface area contributed by atoms with Crippen LogP contribution in [0.15, 0.2) is 97.1 Å². The van der Waals surface area contributed by atoms with Crippen LogP contribution < -0.4 is 0 Å². The summed E-state index contributed by atoms with van der Waals surface area (Å²) in [7, 11) is 0. The van der Waals surface area contributed by atoms with Crippen LogP contribution in [0, 0.1) is 11.7 Å². The van der Waals surface area contributed by atoms with Crippen LogP contribution in [0.4, 0.5) is 4.39 Å². The first kappa shape index (κ1) is 29.1. The van der Waals surface area contributed by atoms with Gasteiger partial charge in [-0.1, -0.05) is 123 Å². The summed E-state index contributed by atoms with van der Waals surface area (Å²) in [5.74, 6) is 1.75. The molecule has 212 valence electrons. The Morgan fingerprint density at radius 1 is 0.707 bits per heavy atom. The Morgan fingerprint density at radius 3 is 1.93 bits per heavy atom. The van der Waals surface area contributed by atoms with Crippen LogP contribution in [0.1, 0.15) is 103 Å². The zero-order valence-electron chi connectivity index (χ0n) is 24.9. The molecule has 0 radical (unpaired) electrons. The number of aryl methyl sites for hydroxylation is 3. The lowest BCUT2D eigenvalue weighted by Crippen LogP contribution is -2.15. The Balaban J connectivity index is 1.10. The SMILES string of the molecule is CCCc1ccc(CCc2ccc(C=Cc3ccc(C4CCC(C[C@H](C)c5ccccc5)CC4)cc3F)cc2)cc1. The van der Waals surface area contributed by atoms with E-state index in [0.29, 0.717) is 17.4 Å². The number of rotatable bonds is 11. The van der Waals surface area contributed by atoms with Crippen molar-refractivity contribution < 1.29 is 4.39 Å². The van der Waals surface area contributed by atoms with Crippen molar-refractivity contribution in [1.29, 1.82) is 0 Å². The van der Waals surface area contributed by atoms with Crippen LogP contribution in [-0.4, -0.2) is 0 Å². The highest BCUT2D eigenvalue weighted by Crippen LogP contribution is 2.40. The zero-order chi connectivity index (χ0) is 28.4. The predicted octanol–water partition coefficient (Wildman–Crippen LogP) is 11.2. The van der Waals surface area contributed by atoms with Crippen molar-refractivity contribution in [3.63, 3.8) is 0 Å². The Kier molecular flexibility index (Phi) is 10.2. The van der Waals surface area contributed by atoms with Crippen molar-refractivity contribution in [3.05, 3.63) is 142 Å². The molecular weight excluding hydrogens is 499 g/mol. The van der Waals surface area contributed by atoms with Crippen molar-refractivity contribution >= 4 is 12.2 Å². The minimum Gasteiger partial charge on any atom is -0.206 e. The molecule has 4 aromatic rings. The molecule has 0 aromatic heterocycles. The maximum absolute atomic E-state index is 15.1. The standard InChI is InChI=1S/C40H45F/c1-3-7-31-10-12-32(13-11-31)14-15-33-16-18-34(19-17-33)20-25-38-26-27-39(29-40(38)41)37-23-21-35(22-24-37)28-30(2)36-8-5-4-6-9-36/h4-6,8-13,16-20,25-27,29-30,35,37H,3,7,14-15,21-24,28H2,1-2H3/t30-,35?,37?/m0/s1. The van der Waals surface area contributed by atoms with Gasteiger partial charge in [-0.15, -0.1) is 0 Å². The highest BCUT2D eigenvalue weighted by Gasteiger charge is 2.24. The minimum absolute atomic E-state index is 0.111. The molecule has 0 aliphatic heterocycles. The van der Waals surface area contributed by atoms with Gasteiger partial charge < -0.3 is 0 Å². The summed E-state index contributed by atoms with van der Waals surface area (Å²) in [5.41, 5.74) is 8.51. The molecule has 5 rings (SSSR count). The number of hydrogen-bond acceptors (Lipinski definition) is 0. The smallest absolute Gasteiger partial charge is 0.130 e. The highest BCUT2D eigenvalue weighted by molar-refractivity contribution is 5.70. The molecule has 1 aliphatic carbocycles. The molecule has 1 fully saturated rings. The van der Waals surface area contributed by atoms with E-state index < -0.39 is 0 Å². The van der Waals surface area contributed by atoms with Gasteiger partial charge in [0, 0.05) is 5.56 Å². The molecule has 0 nitrogen and oxygen atoms in total. The molecule has 0 spiro atoms. The van der Waals surface area contributed by atoms with Crippen molar-refractivity contribution in [3.8, 4) is 0 Å². The maximum Gasteiger partial charge on any atom is 0.130 e. The van der Waals surface area contributed by atoms with E-state index in [1.54, 1.807) is 6.07 Å². The average molecular weight is 545 g/mol. The molecule has 41 heavy (non-hydrogen) atoms. The van der Waals surface area contributed by atoms with E-state index in [4.69, 9.17) is 0 Å². The van der Waals surface area contributed by atoms with Crippen molar-refractivity contribution in [1.82, 2.24) is 0 Å². The van der Waals surface area contributed by atoms with E-state index in [9.17, 15) is 0 Å². The third-order valence-corrected chi connectivity index (χ3v) is 9.10. The third kappa shape index (κ3) is 8.29.